The molecule has 5 rings (SSSR count). The number of thiophene rings is 1. The second kappa shape index (κ2) is 9.65. The minimum absolute atomic E-state index is 0.0107. The highest BCUT2D eigenvalue weighted by Crippen LogP contribution is 2.33. The highest BCUT2D eigenvalue weighted by molar-refractivity contribution is 7.18. The van der Waals surface area contributed by atoms with Gasteiger partial charge in [-0.25, -0.2) is 4.98 Å². The van der Waals surface area contributed by atoms with Crippen molar-refractivity contribution in [1.82, 2.24) is 19.4 Å². The van der Waals surface area contributed by atoms with Gasteiger partial charge in [-0.05, 0) is 48.9 Å². The van der Waals surface area contributed by atoms with Crippen molar-refractivity contribution in [3.8, 4) is 5.75 Å². The molecule has 0 spiro atoms. The molecule has 1 aromatic carbocycles. The molecule has 0 radical (unpaired) electrons. The van der Waals surface area contributed by atoms with Gasteiger partial charge in [-0.3, -0.25) is 19.1 Å². The summed E-state index contributed by atoms with van der Waals surface area (Å²) in [5, 5.41) is 0.789. The van der Waals surface area contributed by atoms with Crippen LogP contribution in [0.4, 0.5) is 0 Å². The molecule has 0 bridgehead atoms. The van der Waals surface area contributed by atoms with E-state index in [0.29, 0.717) is 13.0 Å². The molecule has 2 aliphatic rings. The van der Waals surface area contributed by atoms with E-state index in [1.807, 2.05) is 17.0 Å². The smallest absolute Gasteiger partial charge is 0.262 e. The molecular weight excluding hydrogens is 436 g/mol. The van der Waals surface area contributed by atoms with Crippen molar-refractivity contribution in [2.45, 2.75) is 45.2 Å². The van der Waals surface area contributed by atoms with E-state index in [4.69, 9.17) is 4.74 Å². The third kappa shape index (κ3) is 4.68. The fourth-order valence-electron chi connectivity index (χ4n) is 4.86. The Morgan fingerprint density at radius 1 is 1.09 bits per heavy atom. The first kappa shape index (κ1) is 22.1. The molecule has 7 nitrogen and oxygen atoms in total. The Morgan fingerprint density at radius 2 is 1.85 bits per heavy atom. The summed E-state index contributed by atoms with van der Waals surface area (Å²) in [7, 11) is 1.67. The van der Waals surface area contributed by atoms with Crippen molar-refractivity contribution in [3.63, 3.8) is 0 Å². The largest absolute Gasteiger partial charge is 0.497 e. The number of fused-ring (bicyclic) bond motifs is 3. The van der Waals surface area contributed by atoms with E-state index in [9.17, 15) is 9.59 Å². The van der Waals surface area contributed by atoms with Gasteiger partial charge in [-0.2, -0.15) is 0 Å². The molecule has 0 unspecified atom stereocenters. The lowest BCUT2D eigenvalue weighted by Crippen LogP contribution is -2.48. The molecule has 0 atom stereocenters. The number of aryl methyl sites for hydroxylation is 3. The maximum absolute atomic E-state index is 13.1. The Bertz CT molecular complexity index is 1190. The fourth-order valence-corrected chi connectivity index (χ4v) is 6.08. The number of hydrogen-bond acceptors (Lipinski definition) is 6. The topological polar surface area (TPSA) is 67.7 Å². The summed E-state index contributed by atoms with van der Waals surface area (Å²) >= 11 is 1.66. The monoisotopic (exact) mass is 466 g/mol. The van der Waals surface area contributed by atoms with Gasteiger partial charge in [0.25, 0.3) is 5.56 Å². The first-order chi connectivity index (χ1) is 16.1. The van der Waals surface area contributed by atoms with Gasteiger partial charge < -0.3 is 9.64 Å². The first-order valence-electron chi connectivity index (χ1n) is 11.7. The van der Waals surface area contributed by atoms with Crippen LogP contribution < -0.4 is 10.3 Å². The number of benzene rings is 1. The summed E-state index contributed by atoms with van der Waals surface area (Å²) < 4.78 is 6.85. The first-order valence-corrected chi connectivity index (χ1v) is 12.6. The summed E-state index contributed by atoms with van der Waals surface area (Å²) in [4.78, 5) is 36.9. The average molecular weight is 467 g/mol. The second-order valence-corrected chi connectivity index (χ2v) is 9.97. The van der Waals surface area contributed by atoms with Crippen molar-refractivity contribution in [1.29, 1.82) is 0 Å². The molecule has 174 valence electrons. The molecule has 1 saturated heterocycles. The number of aromatic nitrogens is 2. The molecule has 8 heteroatoms. The van der Waals surface area contributed by atoms with Crippen molar-refractivity contribution in [3.05, 3.63) is 57.0 Å². The summed E-state index contributed by atoms with van der Waals surface area (Å²) in [6.07, 6.45) is 6.30. The van der Waals surface area contributed by atoms with Gasteiger partial charge in [-0.1, -0.05) is 12.1 Å². The number of rotatable bonds is 6. The third-order valence-corrected chi connectivity index (χ3v) is 8.00. The lowest BCUT2D eigenvalue weighted by Gasteiger charge is -2.34. The van der Waals surface area contributed by atoms with Crippen LogP contribution >= 0.6 is 11.3 Å². The zero-order valence-electron chi connectivity index (χ0n) is 19.1. The quantitative estimate of drug-likeness (QED) is 0.559. The number of hydrogen-bond donors (Lipinski definition) is 0. The number of amides is 1. The molecule has 0 saturated carbocycles. The lowest BCUT2D eigenvalue weighted by molar-refractivity contribution is -0.133. The minimum atomic E-state index is 0.0107. The molecule has 2 aromatic heterocycles. The molecule has 33 heavy (non-hydrogen) atoms. The Morgan fingerprint density at radius 3 is 2.61 bits per heavy atom. The van der Waals surface area contributed by atoms with Crippen molar-refractivity contribution < 1.29 is 9.53 Å². The number of carbonyl (C=O) groups excluding carboxylic acids is 1. The van der Waals surface area contributed by atoms with E-state index in [0.717, 1.165) is 68.0 Å². The van der Waals surface area contributed by atoms with Gasteiger partial charge >= 0.3 is 0 Å². The highest BCUT2D eigenvalue weighted by Gasteiger charge is 2.23. The molecule has 1 amide bonds. The van der Waals surface area contributed by atoms with Crippen LogP contribution in [-0.2, 0) is 30.7 Å². The molecule has 1 fully saturated rings. The second-order valence-electron chi connectivity index (χ2n) is 8.89. The van der Waals surface area contributed by atoms with E-state index in [1.165, 1.54) is 22.4 Å². The normalized spacial score (nSPS) is 16.7. The maximum Gasteiger partial charge on any atom is 0.262 e. The predicted molar refractivity (Wildman–Crippen MR) is 130 cm³/mol. The molecule has 3 aromatic rings. The number of carbonyl (C=O) groups is 1. The third-order valence-electron chi connectivity index (χ3n) is 6.80. The molecule has 0 N–H and O–H groups in total. The Hall–Kier alpha value is -2.71. The lowest BCUT2D eigenvalue weighted by atomic mass is 9.97. The van der Waals surface area contributed by atoms with Crippen LogP contribution in [0.25, 0.3) is 10.2 Å². The zero-order valence-corrected chi connectivity index (χ0v) is 19.9. The number of ether oxygens (including phenoxy) is 1. The minimum Gasteiger partial charge on any atom is -0.497 e. The van der Waals surface area contributed by atoms with Crippen LogP contribution in [0.1, 0.15) is 35.3 Å². The molecule has 3 heterocycles. The number of methoxy groups -OCH3 is 1. The van der Waals surface area contributed by atoms with Crippen LogP contribution in [0, 0.1) is 0 Å². The highest BCUT2D eigenvalue weighted by atomic mass is 32.1. The summed E-state index contributed by atoms with van der Waals surface area (Å²) in [5.41, 5.74) is 2.46. The Labute approximate surface area is 197 Å². The molecular formula is C25H30N4O3S. The van der Waals surface area contributed by atoms with Gasteiger partial charge in [0.05, 0.1) is 18.8 Å². The predicted octanol–water partition coefficient (Wildman–Crippen LogP) is 3.08. The molecule has 1 aliphatic heterocycles. The van der Waals surface area contributed by atoms with E-state index < -0.39 is 0 Å². The van der Waals surface area contributed by atoms with Crippen LogP contribution in [-0.4, -0.2) is 58.5 Å². The Balaban J connectivity index is 1.16. The van der Waals surface area contributed by atoms with Gasteiger partial charge in [-0.15, -0.1) is 11.3 Å². The van der Waals surface area contributed by atoms with E-state index in [-0.39, 0.29) is 11.5 Å². The van der Waals surface area contributed by atoms with Gasteiger partial charge in [0.2, 0.25) is 5.91 Å². The van der Waals surface area contributed by atoms with Gasteiger partial charge in [0.1, 0.15) is 10.6 Å². The van der Waals surface area contributed by atoms with Crippen molar-refractivity contribution in [2.24, 2.45) is 0 Å². The van der Waals surface area contributed by atoms with Gasteiger partial charge in [0, 0.05) is 50.6 Å². The van der Waals surface area contributed by atoms with E-state index in [2.05, 4.69) is 22.0 Å². The van der Waals surface area contributed by atoms with Crippen LogP contribution in [0.15, 0.2) is 35.4 Å². The summed E-state index contributed by atoms with van der Waals surface area (Å²) in [6.45, 7) is 4.41. The zero-order chi connectivity index (χ0) is 22.8. The number of nitrogens with zero attached hydrogens (tertiary/aromatic N) is 4. The van der Waals surface area contributed by atoms with E-state index in [1.54, 1.807) is 29.3 Å². The standard InChI is InChI=1S/C25H30N4O3S/c1-32-19-8-6-18(7-9-19)16-27-12-14-28(15-13-27)22(30)10-11-29-17-26-24-23(25(29)31)20-4-2-3-5-21(20)33-24/h6-9,17H,2-5,10-16H2,1H3. The Kier molecular flexibility index (Phi) is 6.46. The average Bonchev–Trinajstić information content (AvgIpc) is 3.24. The molecule has 1 aliphatic carbocycles. The van der Waals surface area contributed by atoms with Crippen LogP contribution in [0.3, 0.4) is 0 Å². The summed E-state index contributed by atoms with van der Waals surface area (Å²) in [6, 6.07) is 8.14. The summed E-state index contributed by atoms with van der Waals surface area (Å²) in [5.74, 6) is 0.972. The van der Waals surface area contributed by atoms with E-state index >= 15 is 0 Å². The maximum atomic E-state index is 13.1. The van der Waals surface area contributed by atoms with Crippen molar-refractivity contribution >= 4 is 27.5 Å². The van der Waals surface area contributed by atoms with Crippen LogP contribution in [0.5, 0.6) is 5.75 Å². The van der Waals surface area contributed by atoms with Gasteiger partial charge in [0.15, 0.2) is 0 Å². The fraction of sp³-hybridized carbons (Fsp3) is 0.480. The van der Waals surface area contributed by atoms with Crippen molar-refractivity contribution in [2.75, 3.05) is 33.3 Å². The van der Waals surface area contributed by atoms with Crippen LogP contribution in [0.2, 0.25) is 0 Å². The number of piperazine rings is 1. The SMILES string of the molecule is COc1ccc(CN2CCN(C(=O)CCn3cnc4sc5c(c4c3=O)CCCC5)CC2)cc1.